The zero-order chi connectivity index (χ0) is 15.7. The molecule has 3 rings (SSSR count). The maximum atomic E-state index is 12.1. The summed E-state index contributed by atoms with van der Waals surface area (Å²) in [5.74, 6) is -0.395. The van der Waals surface area contributed by atoms with E-state index in [1.54, 1.807) is 0 Å². The highest BCUT2D eigenvalue weighted by atomic mass is 16.7. The van der Waals surface area contributed by atoms with Crippen molar-refractivity contribution < 1.29 is 32.7 Å². The summed E-state index contributed by atoms with van der Waals surface area (Å²) >= 11 is 0. The van der Waals surface area contributed by atoms with E-state index < -0.39 is 31.4 Å². The predicted molar refractivity (Wildman–Crippen MR) is 80.2 cm³/mol. The van der Waals surface area contributed by atoms with Crippen molar-refractivity contribution in [3.63, 3.8) is 0 Å². The van der Waals surface area contributed by atoms with Gasteiger partial charge in [-0.3, -0.25) is 4.79 Å². The normalized spacial score (nSPS) is 35.6. The van der Waals surface area contributed by atoms with Gasteiger partial charge in [-0.15, -0.1) is 0 Å². The average Bonchev–Trinajstić information content (AvgIpc) is 3.23. The number of carbonyl (C=O) groups is 1. The molecular weight excluding hydrogens is 289 g/mol. The van der Waals surface area contributed by atoms with Gasteiger partial charge in [0, 0.05) is 0 Å². The van der Waals surface area contributed by atoms with Crippen LogP contribution in [0.2, 0.25) is 19.0 Å². The smallest absolute Gasteiger partial charge is 0.507 e. The highest BCUT2D eigenvalue weighted by Gasteiger charge is 2.54. The van der Waals surface area contributed by atoms with Crippen molar-refractivity contribution in [3.8, 4) is 0 Å². The molecule has 0 amide bonds. The maximum absolute atomic E-state index is 12.1. The molecule has 0 aromatic heterocycles. The number of carbonyl (C=O) groups excluding carboxylic acids is 1. The molecule has 3 heterocycles. The van der Waals surface area contributed by atoms with E-state index >= 15 is 0 Å². The van der Waals surface area contributed by atoms with Crippen LogP contribution in [0.5, 0.6) is 0 Å². The number of hydrogen-bond donors (Lipinski definition) is 0. The van der Waals surface area contributed by atoms with E-state index in [-0.39, 0.29) is 20.3 Å². The molecule has 22 heavy (non-hydrogen) atoms. The van der Waals surface area contributed by atoms with Gasteiger partial charge in [-0.05, 0) is 19.0 Å². The summed E-state index contributed by atoms with van der Waals surface area (Å²) in [6.07, 6.45) is 0.119. The van der Waals surface area contributed by atoms with Crippen molar-refractivity contribution in [2.24, 2.45) is 0 Å². The Balaban J connectivity index is 1.71. The molecule has 3 aliphatic rings. The molecule has 10 heteroatoms. The van der Waals surface area contributed by atoms with Gasteiger partial charge in [-0.1, -0.05) is 20.8 Å². The number of rotatable bonds is 5. The second-order valence-electron chi connectivity index (χ2n) is 5.72. The lowest BCUT2D eigenvalue weighted by atomic mass is 9.86. The van der Waals surface area contributed by atoms with Gasteiger partial charge in [0.25, 0.3) is 0 Å². The fourth-order valence-corrected chi connectivity index (χ4v) is 2.97. The van der Waals surface area contributed by atoms with Crippen molar-refractivity contribution in [1.29, 1.82) is 0 Å². The van der Waals surface area contributed by atoms with Crippen LogP contribution in [0.1, 0.15) is 20.8 Å². The molecule has 0 saturated carbocycles. The first-order valence-corrected chi connectivity index (χ1v) is 8.10. The molecule has 0 aromatic carbocycles. The Hall–Kier alpha value is -0.535. The van der Waals surface area contributed by atoms with E-state index in [9.17, 15) is 4.79 Å². The molecular formula is C12H21B3O7. The molecule has 7 nitrogen and oxygen atoms in total. The van der Waals surface area contributed by atoms with E-state index in [1.165, 1.54) is 0 Å². The molecule has 120 valence electrons. The van der Waals surface area contributed by atoms with Crippen LogP contribution in [-0.2, 0) is 32.7 Å². The Morgan fingerprint density at radius 3 is 2.18 bits per heavy atom. The second-order valence-corrected chi connectivity index (χ2v) is 5.72. The fourth-order valence-electron chi connectivity index (χ4n) is 2.97. The van der Waals surface area contributed by atoms with E-state index in [0.29, 0.717) is 19.2 Å². The lowest BCUT2D eigenvalue weighted by Gasteiger charge is -2.25. The van der Waals surface area contributed by atoms with E-state index in [4.69, 9.17) is 27.9 Å². The Morgan fingerprint density at radius 2 is 1.59 bits per heavy atom. The van der Waals surface area contributed by atoms with Crippen LogP contribution >= 0.6 is 0 Å². The third-order valence-electron chi connectivity index (χ3n) is 4.16. The van der Waals surface area contributed by atoms with Gasteiger partial charge >= 0.3 is 27.3 Å². The van der Waals surface area contributed by atoms with Gasteiger partial charge in [0.1, 0.15) is 6.10 Å². The number of hydrogen-bond acceptors (Lipinski definition) is 7. The van der Waals surface area contributed by atoms with Gasteiger partial charge in [0.2, 0.25) is 0 Å². The monoisotopic (exact) mass is 310 g/mol. The van der Waals surface area contributed by atoms with Gasteiger partial charge in [0.15, 0.2) is 6.10 Å². The molecule has 0 aromatic rings. The molecule has 4 atom stereocenters. The van der Waals surface area contributed by atoms with Gasteiger partial charge in [-0.25, -0.2) is 0 Å². The zero-order valence-corrected chi connectivity index (χ0v) is 13.2. The molecule has 0 radical (unpaired) electrons. The Bertz CT molecular complexity index is 412. The van der Waals surface area contributed by atoms with Crippen LogP contribution in [0.15, 0.2) is 0 Å². The lowest BCUT2D eigenvalue weighted by Crippen LogP contribution is -2.46. The average molecular weight is 310 g/mol. The Kier molecular flexibility index (Phi) is 5.14. The molecule has 4 unspecified atom stereocenters. The van der Waals surface area contributed by atoms with Crippen LogP contribution in [0.4, 0.5) is 0 Å². The van der Waals surface area contributed by atoms with Crippen LogP contribution in [0.3, 0.4) is 0 Å². The first-order chi connectivity index (χ1) is 10.7. The van der Waals surface area contributed by atoms with Crippen LogP contribution in [0.25, 0.3) is 0 Å². The van der Waals surface area contributed by atoms with Crippen molar-refractivity contribution in [3.05, 3.63) is 0 Å². The minimum absolute atomic E-state index is 0.227. The third kappa shape index (κ3) is 3.07. The highest BCUT2D eigenvalue weighted by molar-refractivity contribution is 6.49. The van der Waals surface area contributed by atoms with Crippen molar-refractivity contribution in [2.75, 3.05) is 6.61 Å². The standard InChI is InChI=1S/C12H21B3O7/c1-4-13-17-7-8(18-13)9-10(20-14(5-2)19-9)11-12(16)22-15(6-3)21-11/h8-11H,4-7H2,1-3H3. The van der Waals surface area contributed by atoms with Crippen molar-refractivity contribution >= 4 is 27.3 Å². The minimum Gasteiger partial charge on any atom is -0.507 e. The van der Waals surface area contributed by atoms with Gasteiger partial charge < -0.3 is 27.9 Å². The summed E-state index contributed by atoms with van der Waals surface area (Å²) in [7, 11) is -1.10. The van der Waals surface area contributed by atoms with Crippen LogP contribution in [0, 0.1) is 0 Å². The summed E-state index contributed by atoms with van der Waals surface area (Å²) < 4.78 is 34.0. The highest BCUT2D eigenvalue weighted by Crippen LogP contribution is 2.32. The largest absolute Gasteiger partial charge is 0.527 e. The zero-order valence-electron chi connectivity index (χ0n) is 13.2. The van der Waals surface area contributed by atoms with Crippen molar-refractivity contribution in [2.45, 2.75) is 64.1 Å². The lowest BCUT2D eigenvalue weighted by molar-refractivity contribution is -0.140. The van der Waals surface area contributed by atoms with E-state index in [2.05, 4.69) is 0 Å². The molecule has 0 bridgehead atoms. The minimum atomic E-state index is -0.768. The fraction of sp³-hybridized carbons (Fsp3) is 0.917. The van der Waals surface area contributed by atoms with Gasteiger partial charge in [0.05, 0.1) is 18.8 Å². The third-order valence-corrected chi connectivity index (χ3v) is 4.16. The Morgan fingerprint density at radius 1 is 0.909 bits per heavy atom. The molecule has 0 aliphatic carbocycles. The summed E-state index contributed by atoms with van der Waals surface area (Å²) in [5.41, 5.74) is 0. The summed E-state index contributed by atoms with van der Waals surface area (Å²) in [6, 6.07) is 0. The topological polar surface area (TPSA) is 72.5 Å². The molecule has 0 N–H and O–H groups in total. The predicted octanol–water partition coefficient (Wildman–Crippen LogP) is 0.652. The maximum Gasteiger partial charge on any atom is 0.527 e. The summed E-state index contributed by atoms with van der Waals surface area (Å²) in [4.78, 5) is 12.1. The van der Waals surface area contributed by atoms with Crippen molar-refractivity contribution in [1.82, 2.24) is 0 Å². The van der Waals surface area contributed by atoms with E-state index in [0.717, 1.165) is 6.32 Å². The second kappa shape index (κ2) is 6.92. The molecule has 3 fully saturated rings. The SMILES string of the molecule is CCB1OCC(C2OB(CC)OC2C2OB(CC)OC2=O)O1. The quantitative estimate of drug-likeness (QED) is 0.690. The first-order valence-electron chi connectivity index (χ1n) is 8.10. The Labute approximate surface area is 131 Å². The molecule has 3 aliphatic heterocycles. The summed E-state index contributed by atoms with van der Waals surface area (Å²) in [5, 5.41) is 0. The first kappa shape index (κ1) is 16.3. The van der Waals surface area contributed by atoms with Crippen LogP contribution in [-0.4, -0.2) is 58.3 Å². The van der Waals surface area contributed by atoms with E-state index in [1.807, 2.05) is 20.8 Å². The summed E-state index contributed by atoms with van der Waals surface area (Å²) in [6.45, 7) is 6.29. The van der Waals surface area contributed by atoms with Crippen LogP contribution < -0.4 is 0 Å². The van der Waals surface area contributed by atoms with Gasteiger partial charge in [-0.2, -0.15) is 0 Å². The molecule has 3 saturated heterocycles. The molecule has 0 spiro atoms.